The van der Waals surface area contributed by atoms with Gasteiger partial charge in [-0.1, -0.05) is 19.3 Å². The van der Waals surface area contributed by atoms with E-state index in [4.69, 9.17) is 5.73 Å². The van der Waals surface area contributed by atoms with Gasteiger partial charge in [0.15, 0.2) is 0 Å². The Hall–Kier alpha value is -3.00. The number of carbonyl (C=O) groups is 2. The summed E-state index contributed by atoms with van der Waals surface area (Å²) in [6, 6.07) is 6.54. The van der Waals surface area contributed by atoms with Gasteiger partial charge in [0.25, 0.3) is 11.5 Å². The van der Waals surface area contributed by atoms with Gasteiger partial charge in [0, 0.05) is 17.3 Å². The number of anilines is 1. The van der Waals surface area contributed by atoms with Crippen molar-refractivity contribution >= 4 is 39.1 Å². The second kappa shape index (κ2) is 7.79. The Balaban J connectivity index is 1.64. The highest BCUT2D eigenvalue weighted by Gasteiger charge is 2.22. The minimum absolute atomic E-state index is 0.0690. The molecule has 1 aliphatic rings. The summed E-state index contributed by atoms with van der Waals surface area (Å²) >= 11 is 1.22. The number of nitrogens with zero attached hydrogens (tertiary/aromatic N) is 2. The standard InChI is InChI=1S/C21H22N4O3S/c1-12-16-20(23-11-25(21(16)28)15-5-3-2-4-6-15)29-17(12)19(27)24-14-9-7-13(8-10-14)18(22)26/h7-11,15H,2-6H2,1H3,(H2,22,26)(H,24,27). The van der Waals surface area contributed by atoms with Gasteiger partial charge in [0.05, 0.1) is 16.6 Å². The monoisotopic (exact) mass is 410 g/mol. The topological polar surface area (TPSA) is 107 Å². The quantitative estimate of drug-likeness (QED) is 0.685. The summed E-state index contributed by atoms with van der Waals surface area (Å²) in [6.45, 7) is 1.79. The first-order valence-electron chi connectivity index (χ1n) is 9.67. The van der Waals surface area contributed by atoms with Gasteiger partial charge >= 0.3 is 0 Å². The van der Waals surface area contributed by atoms with E-state index in [1.807, 2.05) is 0 Å². The number of carbonyl (C=O) groups excluding carboxylic acids is 2. The maximum atomic E-state index is 13.1. The van der Waals surface area contributed by atoms with Crippen LogP contribution in [0.25, 0.3) is 10.2 Å². The summed E-state index contributed by atoms with van der Waals surface area (Å²) < 4.78 is 1.74. The molecule has 0 spiro atoms. The molecular weight excluding hydrogens is 388 g/mol. The van der Waals surface area contributed by atoms with Crippen molar-refractivity contribution in [3.05, 3.63) is 57.0 Å². The smallest absolute Gasteiger partial charge is 0.266 e. The number of nitrogens with two attached hydrogens (primary N) is 1. The zero-order chi connectivity index (χ0) is 20.5. The number of fused-ring (bicyclic) bond motifs is 1. The number of hydrogen-bond acceptors (Lipinski definition) is 5. The van der Waals surface area contributed by atoms with Crippen LogP contribution >= 0.6 is 11.3 Å². The van der Waals surface area contributed by atoms with Gasteiger partial charge in [-0.2, -0.15) is 0 Å². The number of aromatic nitrogens is 2. The van der Waals surface area contributed by atoms with Gasteiger partial charge in [-0.05, 0) is 49.6 Å². The number of thiophene rings is 1. The molecule has 150 valence electrons. The van der Waals surface area contributed by atoms with E-state index in [9.17, 15) is 14.4 Å². The summed E-state index contributed by atoms with van der Waals surface area (Å²) in [5, 5.41) is 3.33. The van der Waals surface area contributed by atoms with Crippen LogP contribution < -0.4 is 16.6 Å². The Labute approximate surface area is 171 Å². The maximum absolute atomic E-state index is 13.1. The van der Waals surface area contributed by atoms with Crippen molar-refractivity contribution in [1.29, 1.82) is 0 Å². The van der Waals surface area contributed by atoms with Crippen molar-refractivity contribution in [2.45, 2.75) is 45.1 Å². The van der Waals surface area contributed by atoms with Crippen LogP contribution in [0.4, 0.5) is 5.69 Å². The predicted molar refractivity (Wildman–Crippen MR) is 114 cm³/mol. The molecule has 0 atom stereocenters. The number of benzene rings is 1. The highest BCUT2D eigenvalue weighted by Crippen LogP contribution is 2.30. The van der Waals surface area contributed by atoms with Crippen molar-refractivity contribution in [1.82, 2.24) is 9.55 Å². The van der Waals surface area contributed by atoms with Gasteiger partial charge in [0.1, 0.15) is 4.83 Å². The van der Waals surface area contributed by atoms with E-state index in [0.717, 1.165) is 25.7 Å². The summed E-state index contributed by atoms with van der Waals surface area (Å²) in [5.41, 5.74) is 6.73. The van der Waals surface area contributed by atoms with Crippen LogP contribution in [0.5, 0.6) is 0 Å². The molecule has 2 heterocycles. The molecule has 1 saturated carbocycles. The van der Waals surface area contributed by atoms with Gasteiger partial charge in [-0.25, -0.2) is 4.98 Å². The zero-order valence-electron chi connectivity index (χ0n) is 16.1. The van der Waals surface area contributed by atoms with Gasteiger partial charge in [0.2, 0.25) is 5.91 Å². The van der Waals surface area contributed by atoms with E-state index in [1.165, 1.54) is 17.8 Å². The van der Waals surface area contributed by atoms with E-state index in [0.29, 0.717) is 31.9 Å². The SMILES string of the molecule is Cc1c(C(=O)Nc2ccc(C(N)=O)cc2)sc2ncn(C3CCCCC3)c(=O)c12. The largest absolute Gasteiger partial charge is 0.366 e. The third-order valence-electron chi connectivity index (χ3n) is 5.48. The Morgan fingerprint density at radius 3 is 2.52 bits per heavy atom. The van der Waals surface area contributed by atoms with Crippen molar-refractivity contribution in [2.75, 3.05) is 5.32 Å². The molecule has 3 aromatic rings. The molecule has 3 N–H and O–H groups in total. The minimum Gasteiger partial charge on any atom is -0.366 e. The minimum atomic E-state index is -0.524. The highest BCUT2D eigenvalue weighted by molar-refractivity contribution is 7.20. The summed E-state index contributed by atoms with van der Waals surface area (Å²) in [7, 11) is 0. The molecule has 8 heteroatoms. The fourth-order valence-corrected chi connectivity index (χ4v) is 4.91. The summed E-state index contributed by atoms with van der Waals surface area (Å²) in [6.07, 6.45) is 7.07. The van der Waals surface area contributed by atoms with E-state index >= 15 is 0 Å². The van der Waals surface area contributed by atoms with E-state index in [-0.39, 0.29) is 17.5 Å². The van der Waals surface area contributed by atoms with Crippen LogP contribution in [0.15, 0.2) is 35.4 Å². The average molecular weight is 410 g/mol. The lowest BCUT2D eigenvalue weighted by Gasteiger charge is -2.23. The second-order valence-corrected chi connectivity index (χ2v) is 8.38. The fraction of sp³-hybridized carbons (Fsp3) is 0.333. The maximum Gasteiger partial charge on any atom is 0.266 e. The number of hydrogen-bond donors (Lipinski definition) is 2. The molecular formula is C21H22N4O3S. The molecule has 0 aliphatic heterocycles. The molecule has 2 amide bonds. The van der Waals surface area contributed by atoms with Crippen LogP contribution in [-0.4, -0.2) is 21.4 Å². The Morgan fingerprint density at radius 2 is 1.86 bits per heavy atom. The predicted octanol–water partition coefficient (Wildman–Crippen LogP) is 3.62. The van der Waals surface area contributed by atoms with E-state index in [1.54, 1.807) is 42.1 Å². The van der Waals surface area contributed by atoms with Crippen LogP contribution in [0.1, 0.15) is 63.7 Å². The highest BCUT2D eigenvalue weighted by atomic mass is 32.1. The second-order valence-electron chi connectivity index (χ2n) is 7.38. The lowest BCUT2D eigenvalue weighted by Crippen LogP contribution is -2.26. The van der Waals surface area contributed by atoms with Crippen LogP contribution in [-0.2, 0) is 0 Å². The van der Waals surface area contributed by atoms with Crippen LogP contribution in [0.3, 0.4) is 0 Å². The lowest BCUT2D eigenvalue weighted by molar-refractivity contribution is 0.0998. The molecule has 1 aliphatic carbocycles. The normalized spacial score (nSPS) is 14.8. The molecule has 29 heavy (non-hydrogen) atoms. The van der Waals surface area contributed by atoms with Gasteiger partial charge < -0.3 is 11.1 Å². The van der Waals surface area contributed by atoms with Crippen molar-refractivity contribution in [3.8, 4) is 0 Å². The summed E-state index contributed by atoms with van der Waals surface area (Å²) in [5.74, 6) is -0.829. The third-order valence-corrected chi connectivity index (χ3v) is 6.68. The molecule has 1 aromatic carbocycles. The van der Waals surface area contributed by atoms with E-state index in [2.05, 4.69) is 10.3 Å². The molecule has 0 bridgehead atoms. The first kappa shape index (κ1) is 19.3. The molecule has 7 nitrogen and oxygen atoms in total. The zero-order valence-corrected chi connectivity index (χ0v) is 16.9. The Morgan fingerprint density at radius 1 is 1.17 bits per heavy atom. The number of amides is 2. The number of aryl methyl sites for hydroxylation is 1. The molecule has 0 saturated heterocycles. The molecule has 1 fully saturated rings. The number of rotatable bonds is 4. The molecule has 0 unspecified atom stereocenters. The molecule has 2 aromatic heterocycles. The van der Waals surface area contributed by atoms with Crippen molar-refractivity contribution in [3.63, 3.8) is 0 Å². The number of nitrogens with one attached hydrogen (secondary N) is 1. The third kappa shape index (κ3) is 3.67. The Kier molecular flexibility index (Phi) is 5.19. The lowest BCUT2D eigenvalue weighted by atomic mass is 9.95. The average Bonchev–Trinajstić information content (AvgIpc) is 3.07. The summed E-state index contributed by atoms with van der Waals surface area (Å²) in [4.78, 5) is 42.6. The fourth-order valence-electron chi connectivity index (χ4n) is 3.88. The molecule has 4 rings (SSSR count). The Bertz CT molecular complexity index is 1140. The van der Waals surface area contributed by atoms with Gasteiger partial charge in [-0.3, -0.25) is 19.0 Å². The van der Waals surface area contributed by atoms with Crippen LogP contribution in [0, 0.1) is 6.92 Å². The number of primary amides is 1. The molecule has 0 radical (unpaired) electrons. The van der Waals surface area contributed by atoms with Crippen molar-refractivity contribution < 1.29 is 9.59 Å². The van der Waals surface area contributed by atoms with Crippen LogP contribution in [0.2, 0.25) is 0 Å². The first-order chi connectivity index (χ1) is 14.0. The van der Waals surface area contributed by atoms with E-state index < -0.39 is 5.91 Å². The van der Waals surface area contributed by atoms with Crippen molar-refractivity contribution in [2.24, 2.45) is 5.73 Å². The first-order valence-corrected chi connectivity index (χ1v) is 10.5. The van der Waals surface area contributed by atoms with Gasteiger partial charge in [-0.15, -0.1) is 11.3 Å².